The first kappa shape index (κ1) is 18.0. The van der Waals surface area contributed by atoms with Crippen LogP contribution in [0.15, 0.2) is 66.7 Å². The molecule has 5 heteroatoms. The number of hydrogen-bond acceptors (Lipinski definition) is 4. The van der Waals surface area contributed by atoms with Crippen LogP contribution in [-0.2, 0) is 16.1 Å². The number of rotatable bonds is 4. The minimum Gasteiger partial charge on any atom is -0.508 e. The van der Waals surface area contributed by atoms with Gasteiger partial charge in [0.1, 0.15) is 12.4 Å². The van der Waals surface area contributed by atoms with Crippen molar-refractivity contribution in [3.05, 3.63) is 77.9 Å². The Morgan fingerprint density at radius 2 is 1.61 bits per heavy atom. The molecule has 0 heterocycles. The highest BCUT2D eigenvalue weighted by molar-refractivity contribution is 5.87. The molecule has 0 bridgehead atoms. The van der Waals surface area contributed by atoms with E-state index in [-0.39, 0.29) is 12.4 Å². The van der Waals surface area contributed by atoms with Crippen LogP contribution in [0.2, 0.25) is 0 Å². The number of carboxylic acids is 1. The van der Waals surface area contributed by atoms with E-state index < -0.39 is 11.9 Å². The van der Waals surface area contributed by atoms with Gasteiger partial charge in [-0.1, -0.05) is 43.0 Å². The number of phenolic OH excluding ortho intramolecular Hbond substituents is 1. The van der Waals surface area contributed by atoms with Gasteiger partial charge in [0.15, 0.2) is 0 Å². The zero-order valence-corrected chi connectivity index (χ0v) is 12.7. The number of carboxylic acid groups (broad SMARTS) is 1. The molecule has 0 aliphatic carbocycles. The smallest absolute Gasteiger partial charge is 0.335 e. The van der Waals surface area contributed by atoms with Gasteiger partial charge in [0, 0.05) is 11.1 Å². The molecule has 0 aliphatic heterocycles. The van der Waals surface area contributed by atoms with E-state index in [0.29, 0.717) is 16.7 Å². The standard InChI is InChI=1S/C11H12O3.C7H6O2/c1-8(2)11(13)14-7-9-5-3-4-6-10(9)12;8-7(9)6-4-2-1-3-5-6/h3-6,12H,1,7H2,2H3;1-5H,(H,8,9). The number of benzene rings is 2. The van der Waals surface area contributed by atoms with Crippen molar-refractivity contribution in [2.45, 2.75) is 13.5 Å². The van der Waals surface area contributed by atoms with E-state index in [2.05, 4.69) is 6.58 Å². The summed E-state index contributed by atoms with van der Waals surface area (Å²) < 4.78 is 4.87. The van der Waals surface area contributed by atoms with Crippen LogP contribution in [-0.4, -0.2) is 22.2 Å². The molecular weight excluding hydrogens is 296 g/mol. The first-order valence-electron chi connectivity index (χ1n) is 6.79. The fourth-order valence-electron chi connectivity index (χ4n) is 1.48. The van der Waals surface area contributed by atoms with Crippen molar-refractivity contribution in [1.82, 2.24) is 0 Å². The summed E-state index contributed by atoms with van der Waals surface area (Å²) in [6.07, 6.45) is 0. The number of ether oxygens (including phenoxy) is 1. The summed E-state index contributed by atoms with van der Waals surface area (Å²) in [7, 11) is 0. The van der Waals surface area contributed by atoms with Gasteiger partial charge in [-0.2, -0.15) is 0 Å². The topological polar surface area (TPSA) is 83.8 Å². The Morgan fingerprint density at radius 3 is 2.09 bits per heavy atom. The van der Waals surface area contributed by atoms with Crippen molar-refractivity contribution in [1.29, 1.82) is 0 Å². The largest absolute Gasteiger partial charge is 0.508 e. The van der Waals surface area contributed by atoms with Gasteiger partial charge in [-0.3, -0.25) is 0 Å². The Kier molecular flexibility index (Phi) is 7.07. The van der Waals surface area contributed by atoms with Crippen molar-refractivity contribution in [2.24, 2.45) is 0 Å². The van der Waals surface area contributed by atoms with Crippen LogP contribution in [0.1, 0.15) is 22.8 Å². The zero-order chi connectivity index (χ0) is 17.2. The second-order valence-electron chi connectivity index (χ2n) is 4.66. The van der Waals surface area contributed by atoms with Crippen molar-refractivity contribution in [3.63, 3.8) is 0 Å². The second-order valence-corrected chi connectivity index (χ2v) is 4.66. The van der Waals surface area contributed by atoms with Crippen LogP contribution in [0.3, 0.4) is 0 Å². The third-order valence-corrected chi connectivity index (χ3v) is 2.72. The van der Waals surface area contributed by atoms with Crippen LogP contribution >= 0.6 is 0 Å². The van der Waals surface area contributed by atoms with Gasteiger partial charge in [0.2, 0.25) is 0 Å². The van der Waals surface area contributed by atoms with E-state index in [1.54, 1.807) is 61.5 Å². The van der Waals surface area contributed by atoms with E-state index in [1.807, 2.05) is 0 Å². The molecule has 2 aromatic rings. The van der Waals surface area contributed by atoms with E-state index in [0.717, 1.165) is 0 Å². The lowest BCUT2D eigenvalue weighted by atomic mass is 10.2. The quantitative estimate of drug-likeness (QED) is 0.667. The van der Waals surface area contributed by atoms with Crippen molar-refractivity contribution < 1.29 is 24.5 Å². The molecule has 0 fully saturated rings. The van der Waals surface area contributed by atoms with Gasteiger partial charge in [-0.15, -0.1) is 0 Å². The van der Waals surface area contributed by atoms with Gasteiger partial charge >= 0.3 is 11.9 Å². The number of carbonyl (C=O) groups excluding carboxylic acids is 1. The molecule has 0 saturated heterocycles. The summed E-state index contributed by atoms with van der Waals surface area (Å²) >= 11 is 0. The fraction of sp³-hybridized carbons (Fsp3) is 0.111. The number of phenols is 1. The molecule has 0 amide bonds. The van der Waals surface area contributed by atoms with Crippen molar-refractivity contribution in [2.75, 3.05) is 0 Å². The molecule has 0 aliphatic rings. The van der Waals surface area contributed by atoms with Crippen LogP contribution in [0.5, 0.6) is 5.75 Å². The summed E-state index contributed by atoms with van der Waals surface area (Å²) in [4.78, 5) is 21.2. The number of carbonyl (C=O) groups is 2. The van der Waals surface area contributed by atoms with Crippen molar-refractivity contribution in [3.8, 4) is 5.75 Å². The maximum Gasteiger partial charge on any atom is 0.335 e. The monoisotopic (exact) mass is 314 g/mol. The third-order valence-electron chi connectivity index (χ3n) is 2.72. The summed E-state index contributed by atoms with van der Waals surface area (Å²) in [5, 5.41) is 17.7. The highest BCUT2D eigenvalue weighted by Gasteiger charge is 2.05. The molecule has 0 saturated carbocycles. The summed E-state index contributed by atoms with van der Waals surface area (Å²) in [6.45, 7) is 5.10. The van der Waals surface area contributed by atoms with Crippen LogP contribution in [0.25, 0.3) is 0 Å². The second kappa shape index (κ2) is 9.04. The highest BCUT2D eigenvalue weighted by Crippen LogP contribution is 2.16. The van der Waals surface area contributed by atoms with E-state index in [1.165, 1.54) is 0 Å². The van der Waals surface area contributed by atoms with Crippen LogP contribution < -0.4 is 0 Å². The van der Waals surface area contributed by atoms with Gasteiger partial charge in [-0.05, 0) is 25.1 Å². The molecule has 0 unspecified atom stereocenters. The molecule has 23 heavy (non-hydrogen) atoms. The summed E-state index contributed by atoms with van der Waals surface area (Å²) in [5.74, 6) is -1.20. The number of esters is 1. The minimum absolute atomic E-state index is 0.0678. The molecule has 0 radical (unpaired) electrons. The van der Waals surface area contributed by atoms with E-state index in [9.17, 15) is 14.7 Å². The van der Waals surface area contributed by atoms with Crippen LogP contribution in [0.4, 0.5) is 0 Å². The fourth-order valence-corrected chi connectivity index (χ4v) is 1.48. The van der Waals surface area contributed by atoms with Gasteiger partial charge in [0.25, 0.3) is 0 Å². The lowest BCUT2D eigenvalue weighted by Gasteiger charge is -2.05. The first-order valence-corrected chi connectivity index (χ1v) is 6.79. The average Bonchev–Trinajstić information content (AvgIpc) is 2.55. The van der Waals surface area contributed by atoms with E-state index in [4.69, 9.17) is 9.84 Å². The number of aromatic carboxylic acids is 1. The average molecular weight is 314 g/mol. The Balaban J connectivity index is 0.000000253. The maximum absolute atomic E-state index is 11.0. The lowest BCUT2D eigenvalue weighted by Crippen LogP contribution is -2.04. The maximum atomic E-state index is 11.0. The molecule has 120 valence electrons. The van der Waals surface area contributed by atoms with E-state index >= 15 is 0 Å². The molecule has 2 rings (SSSR count). The Morgan fingerprint density at radius 1 is 1.04 bits per heavy atom. The lowest BCUT2D eigenvalue weighted by molar-refractivity contribution is -0.140. The highest BCUT2D eigenvalue weighted by atomic mass is 16.5. The van der Waals surface area contributed by atoms with Crippen LogP contribution in [0, 0.1) is 0 Å². The van der Waals surface area contributed by atoms with Crippen molar-refractivity contribution >= 4 is 11.9 Å². The summed E-state index contributed by atoms with van der Waals surface area (Å²) in [6, 6.07) is 15.0. The Hall–Kier alpha value is -3.08. The Bertz CT molecular complexity index is 677. The molecule has 2 N–H and O–H groups in total. The van der Waals surface area contributed by atoms with Gasteiger partial charge < -0.3 is 14.9 Å². The predicted molar refractivity (Wildman–Crippen MR) is 86.1 cm³/mol. The zero-order valence-electron chi connectivity index (χ0n) is 12.7. The molecular formula is C18H18O5. The third kappa shape index (κ3) is 6.48. The number of aromatic hydroxyl groups is 1. The van der Waals surface area contributed by atoms with Gasteiger partial charge in [-0.25, -0.2) is 9.59 Å². The Labute approximate surface area is 134 Å². The molecule has 0 aromatic heterocycles. The normalized spacial score (nSPS) is 9.26. The number of para-hydroxylation sites is 1. The molecule has 5 nitrogen and oxygen atoms in total. The number of hydrogen-bond donors (Lipinski definition) is 2. The summed E-state index contributed by atoms with van der Waals surface area (Å²) in [5.41, 5.74) is 1.26. The first-order chi connectivity index (χ1) is 10.9. The molecule has 2 aromatic carbocycles. The molecule has 0 atom stereocenters. The molecule has 0 spiro atoms. The predicted octanol–water partition coefficient (Wildman–Crippen LogP) is 3.40. The SMILES string of the molecule is C=C(C)C(=O)OCc1ccccc1O.O=C(O)c1ccccc1. The van der Waals surface area contributed by atoms with Gasteiger partial charge in [0.05, 0.1) is 5.56 Å². The minimum atomic E-state index is -0.879.